The summed E-state index contributed by atoms with van der Waals surface area (Å²) in [6.07, 6.45) is 8.00. The van der Waals surface area contributed by atoms with Crippen LogP contribution in [0.3, 0.4) is 0 Å². The molecule has 0 aliphatic carbocycles. The van der Waals surface area contributed by atoms with Crippen LogP contribution in [0.25, 0.3) is 0 Å². The van der Waals surface area contributed by atoms with Gasteiger partial charge in [0, 0.05) is 24.3 Å². The zero-order valence-electron chi connectivity index (χ0n) is 13.4. The maximum absolute atomic E-state index is 9.75. The minimum atomic E-state index is -6.00. The molecule has 0 radical (unpaired) electrons. The molecule has 18 heteroatoms. The third kappa shape index (κ3) is 39.5. The first-order valence-electron chi connectivity index (χ1n) is 6.52. The van der Waals surface area contributed by atoms with Gasteiger partial charge in [0.2, 0.25) is 48.8 Å². The van der Waals surface area contributed by atoms with E-state index in [0.717, 1.165) is 0 Å². The molecule has 2 aromatic rings. The number of pyridine rings is 2. The Morgan fingerprint density at radius 2 is 0.500 bits per heavy atom. The van der Waals surface area contributed by atoms with Crippen molar-refractivity contribution in [1.29, 1.82) is 0 Å². The summed E-state index contributed by atoms with van der Waals surface area (Å²) in [6, 6.07) is 12.0. The Labute approximate surface area is 168 Å². The molecule has 0 fully saturated rings. The first kappa shape index (κ1) is 31.1. The van der Waals surface area contributed by atoms with Gasteiger partial charge in [-0.05, 0) is 12.1 Å². The lowest BCUT2D eigenvalue weighted by molar-refractivity contribution is -1.30. The third-order valence-corrected chi connectivity index (χ3v) is 1.67. The van der Waals surface area contributed by atoms with Crippen LogP contribution in [0, 0.1) is 0 Å². The normalized spacial score (nSPS) is 10.6. The van der Waals surface area contributed by atoms with Gasteiger partial charge in [-0.15, -0.1) is 0 Å². The standard InChI is InChI=1S/C10H10N2.3BF4.H2I/c1-3-7-11(8-4-1)12-9-5-2-6-10-12;3*2-1(3,4)5;/h1-10H;;;;1H2/q+2;3*-1;+1. The molecule has 162 valence electrons. The van der Waals surface area contributed by atoms with E-state index < -0.39 is 21.8 Å². The van der Waals surface area contributed by atoms with Gasteiger partial charge < -0.3 is 51.8 Å². The molecule has 2 aromatic heterocycles. The molecule has 28 heavy (non-hydrogen) atoms. The Kier molecular flexibility index (Phi) is 16.0. The fourth-order valence-electron chi connectivity index (χ4n) is 1.09. The van der Waals surface area contributed by atoms with Crippen molar-refractivity contribution in [2.24, 2.45) is 0 Å². The lowest BCUT2D eigenvalue weighted by Crippen LogP contribution is -3.00. The largest absolute Gasteiger partial charge is 0.673 e. The van der Waals surface area contributed by atoms with Crippen molar-refractivity contribution < 1.29 is 85.1 Å². The van der Waals surface area contributed by atoms with E-state index in [1.165, 1.54) is 0 Å². The average Bonchev–Trinajstić information content (AvgIpc) is 2.44. The molecule has 2 heterocycles. The van der Waals surface area contributed by atoms with E-state index >= 15 is 0 Å². The summed E-state index contributed by atoms with van der Waals surface area (Å²) < 4.78 is 121. The highest BCUT2D eigenvalue weighted by Gasteiger charge is 2.21. The van der Waals surface area contributed by atoms with Gasteiger partial charge >= 0.3 is 21.8 Å². The molecule has 0 amide bonds. The zero-order valence-corrected chi connectivity index (χ0v) is 15.9. The predicted molar refractivity (Wildman–Crippen MR) is 77.4 cm³/mol. The van der Waals surface area contributed by atoms with Gasteiger partial charge in [0.1, 0.15) is 0 Å². The quantitative estimate of drug-likeness (QED) is 0.218. The van der Waals surface area contributed by atoms with Gasteiger partial charge in [0.25, 0.3) is 0 Å². The van der Waals surface area contributed by atoms with Crippen LogP contribution in [-0.2, 0) is 0 Å². The Bertz CT molecular complexity index is 525. The van der Waals surface area contributed by atoms with Crippen LogP contribution in [0.15, 0.2) is 61.2 Å². The van der Waals surface area contributed by atoms with E-state index in [9.17, 15) is 51.8 Å². The number of rotatable bonds is 1. The summed E-state index contributed by atoms with van der Waals surface area (Å²) >= 11 is 0. The van der Waals surface area contributed by atoms with Gasteiger partial charge in [-0.1, -0.05) is 0 Å². The lowest BCUT2D eigenvalue weighted by Gasteiger charge is -1.94. The first-order chi connectivity index (χ1) is 12.0. The Balaban J connectivity index is -0.000000334. The van der Waals surface area contributed by atoms with Crippen molar-refractivity contribution in [3.8, 4) is 0 Å². The lowest BCUT2D eigenvalue weighted by atomic mass is 10.3. The maximum atomic E-state index is 9.75. The van der Waals surface area contributed by atoms with E-state index in [0.29, 0.717) is 0 Å². The molecule has 0 spiro atoms. The molecule has 0 saturated heterocycles. The molecule has 0 saturated carbocycles. The minimum absolute atomic E-state index is 0. The van der Waals surface area contributed by atoms with Crippen molar-refractivity contribution in [1.82, 2.24) is 0 Å². The SMILES string of the molecule is F[B-](F)(F)F.F[B-](F)(F)F.F[B-](F)(F)F.[IH2+].c1cc[n+](-[n+]2ccccc2)cc1. The van der Waals surface area contributed by atoms with E-state index in [2.05, 4.69) is 0 Å². The van der Waals surface area contributed by atoms with Gasteiger partial charge in [0.05, 0.1) is 9.35 Å². The van der Waals surface area contributed by atoms with Crippen LogP contribution < -0.4 is 33.3 Å². The summed E-state index contributed by atoms with van der Waals surface area (Å²) in [4.78, 5) is 0. The molecule has 2 rings (SSSR count). The summed E-state index contributed by atoms with van der Waals surface area (Å²) in [5.74, 6) is 0. The van der Waals surface area contributed by atoms with Crippen LogP contribution in [0.4, 0.5) is 51.8 Å². The number of halogens is 13. The monoisotopic (exact) mass is 548 g/mol. The van der Waals surface area contributed by atoms with Crippen molar-refractivity contribution in [3.63, 3.8) is 0 Å². The van der Waals surface area contributed by atoms with E-state index in [-0.39, 0.29) is 24.0 Å². The maximum Gasteiger partial charge on any atom is 0.673 e. The molecule has 2 nitrogen and oxygen atoms in total. The number of hydrogen-bond acceptors (Lipinski definition) is 0. The molecule has 0 aromatic carbocycles. The first-order valence-corrected chi connectivity index (χ1v) is 6.52. The number of aromatic nitrogens is 2. The predicted octanol–water partition coefficient (Wildman–Crippen LogP) is 0.942. The topological polar surface area (TPSA) is 7.76 Å². The second-order valence-corrected chi connectivity index (χ2v) is 4.00. The van der Waals surface area contributed by atoms with Gasteiger partial charge in [-0.25, -0.2) is 0 Å². The second kappa shape index (κ2) is 14.4. The average molecular weight is 548 g/mol. The summed E-state index contributed by atoms with van der Waals surface area (Å²) in [5, 5.41) is 0. The zero-order chi connectivity index (χ0) is 21.7. The molecular formula is C10H12B3F12IN2. The van der Waals surface area contributed by atoms with Gasteiger partial charge in [-0.3, -0.25) is 0 Å². The van der Waals surface area contributed by atoms with Gasteiger partial charge in [0.15, 0.2) is 0 Å². The molecule has 0 bridgehead atoms. The van der Waals surface area contributed by atoms with Crippen molar-refractivity contribution >= 4 is 21.8 Å². The van der Waals surface area contributed by atoms with Crippen LogP contribution >= 0.6 is 0 Å². The number of nitrogens with zero attached hydrogens (tertiary/aromatic N) is 2. The van der Waals surface area contributed by atoms with Crippen molar-refractivity contribution in [2.45, 2.75) is 0 Å². The highest BCUT2D eigenvalue weighted by Crippen LogP contribution is 2.07. The minimum Gasteiger partial charge on any atom is -0.418 e. The fourth-order valence-corrected chi connectivity index (χ4v) is 1.09. The highest BCUT2D eigenvalue weighted by molar-refractivity contribution is 6.50. The van der Waals surface area contributed by atoms with E-state index in [1.54, 1.807) is 0 Å². The van der Waals surface area contributed by atoms with Crippen LogP contribution in [0.2, 0.25) is 0 Å². The smallest absolute Gasteiger partial charge is 0.418 e. The Morgan fingerprint density at radius 3 is 0.643 bits per heavy atom. The van der Waals surface area contributed by atoms with Gasteiger partial charge in [-0.2, -0.15) is 0 Å². The molecule has 0 atom stereocenters. The fraction of sp³-hybridized carbons (Fsp3) is 0. The van der Waals surface area contributed by atoms with Crippen molar-refractivity contribution in [3.05, 3.63) is 61.2 Å². The summed E-state index contributed by atoms with van der Waals surface area (Å²) in [6.45, 7) is 0. The second-order valence-electron chi connectivity index (χ2n) is 4.00. The van der Waals surface area contributed by atoms with Crippen LogP contribution in [-0.4, -0.2) is 21.8 Å². The summed E-state index contributed by atoms with van der Waals surface area (Å²) in [7, 11) is -18.0. The van der Waals surface area contributed by atoms with Crippen LogP contribution in [0.1, 0.15) is 0 Å². The molecule has 0 N–H and O–H groups in total. The van der Waals surface area contributed by atoms with Crippen LogP contribution in [0.5, 0.6) is 0 Å². The Hall–Kier alpha value is -1.62. The number of hydrogen-bond donors (Lipinski definition) is 0. The molecule has 0 aliphatic heterocycles. The molecule has 0 aliphatic rings. The third-order valence-electron chi connectivity index (χ3n) is 1.67. The Morgan fingerprint density at radius 1 is 0.357 bits per heavy atom. The van der Waals surface area contributed by atoms with Crippen molar-refractivity contribution in [2.75, 3.05) is 0 Å². The van der Waals surface area contributed by atoms with E-state index in [4.69, 9.17) is 0 Å². The molecule has 0 unspecified atom stereocenters. The summed E-state index contributed by atoms with van der Waals surface area (Å²) in [5.41, 5.74) is 0. The highest BCUT2D eigenvalue weighted by atomic mass is 127. The van der Waals surface area contributed by atoms with E-state index in [1.807, 2.05) is 70.5 Å². The molecular weight excluding hydrogens is 535 g/mol.